The van der Waals surface area contributed by atoms with Gasteiger partial charge in [0.15, 0.2) is 8.32 Å². The normalized spacial score (nSPS) is 13.5. The van der Waals surface area contributed by atoms with Crippen molar-refractivity contribution in [2.24, 2.45) is 0 Å². The van der Waals surface area contributed by atoms with Gasteiger partial charge in [-0.15, -0.1) is 6.42 Å². The van der Waals surface area contributed by atoms with E-state index in [2.05, 4.69) is 26.7 Å². The van der Waals surface area contributed by atoms with Gasteiger partial charge in [-0.05, 0) is 25.1 Å². The average Bonchev–Trinajstić information content (AvgIpc) is 2.18. The van der Waals surface area contributed by atoms with Crippen molar-refractivity contribution in [1.82, 2.24) is 0 Å². The van der Waals surface area contributed by atoms with Crippen molar-refractivity contribution < 1.29 is 4.43 Å². The molecular formula is C13H26OSi. The minimum absolute atomic E-state index is 0.00122. The van der Waals surface area contributed by atoms with Crippen molar-refractivity contribution in [1.29, 1.82) is 0 Å². The summed E-state index contributed by atoms with van der Waals surface area (Å²) >= 11 is 0. The van der Waals surface area contributed by atoms with Crippen LogP contribution in [0.15, 0.2) is 0 Å². The van der Waals surface area contributed by atoms with Crippen molar-refractivity contribution in [3.63, 3.8) is 0 Å². The Hall–Kier alpha value is -0.263. The summed E-state index contributed by atoms with van der Waals surface area (Å²) in [5.74, 6) is 2.71. The zero-order valence-corrected chi connectivity index (χ0v) is 11.8. The number of hydrogen-bond acceptors (Lipinski definition) is 1. The van der Waals surface area contributed by atoms with E-state index in [1.807, 2.05) is 6.92 Å². The minimum atomic E-state index is -1.52. The highest BCUT2D eigenvalue weighted by atomic mass is 28.4. The van der Waals surface area contributed by atoms with Crippen LogP contribution in [0.3, 0.4) is 0 Å². The van der Waals surface area contributed by atoms with Crippen molar-refractivity contribution in [2.75, 3.05) is 0 Å². The van der Waals surface area contributed by atoms with Crippen LogP contribution in [0, 0.1) is 12.3 Å². The molecule has 0 saturated carbocycles. The monoisotopic (exact) mass is 226 g/mol. The molecule has 0 aliphatic carbocycles. The van der Waals surface area contributed by atoms with E-state index in [1.54, 1.807) is 0 Å². The summed E-state index contributed by atoms with van der Waals surface area (Å²) in [4.78, 5) is 0. The smallest absolute Gasteiger partial charge is 0.194 e. The van der Waals surface area contributed by atoms with Crippen molar-refractivity contribution in [3.8, 4) is 12.3 Å². The average molecular weight is 226 g/mol. The standard InChI is InChI=1S/C13H26OSi/c1-6-10-15(11-7-2,12-8-3)14-13(5)9-4/h4,13H,6-8,10-12H2,1-3,5H3. The van der Waals surface area contributed by atoms with E-state index in [-0.39, 0.29) is 6.10 Å². The Balaban J connectivity index is 4.53. The molecule has 0 spiro atoms. The van der Waals surface area contributed by atoms with Gasteiger partial charge in [-0.25, -0.2) is 0 Å². The Morgan fingerprint density at radius 2 is 1.47 bits per heavy atom. The van der Waals surface area contributed by atoms with E-state index in [9.17, 15) is 0 Å². The van der Waals surface area contributed by atoms with Crippen LogP contribution >= 0.6 is 0 Å². The summed E-state index contributed by atoms with van der Waals surface area (Å²) in [7, 11) is -1.52. The minimum Gasteiger partial charge on any atom is -0.404 e. The predicted molar refractivity (Wildman–Crippen MR) is 70.4 cm³/mol. The van der Waals surface area contributed by atoms with Crippen LogP contribution in [0.4, 0.5) is 0 Å². The molecule has 0 aromatic carbocycles. The van der Waals surface area contributed by atoms with E-state index in [0.717, 1.165) is 0 Å². The molecule has 15 heavy (non-hydrogen) atoms. The molecule has 0 amide bonds. The summed E-state index contributed by atoms with van der Waals surface area (Å²) < 4.78 is 6.21. The molecule has 0 radical (unpaired) electrons. The Morgan fingerprint density at radius 3 is 1.73 bits per heavy atom. The number of hydrogen-bond donors (Lipinski definition) is 0. The second kappa shape index (κ2) is 7.96. The summed E-state index contributed by atoms with van der Waals surface area (Å²) in [6.45, 7) is 8.74. The quantitative estimate of drug-likeness (QED) is 0.445. The molecule has 0 N–H and O–H groups in total. The summed E-state index contributed by atoms with van der Waals surface area (Å²) in [5, 5.41) is 0. The number of rotatable bonds is 8. The predicted octanol–water partition coefficient (Wildman–Crippen LogP) is 4.20. The van der Waals surface area contributed by atoms with E-state index in [4.69, 9.17) is 10.8 Å². The molecule has 0 bridgehead atoms. The lowest BCUT2D eigenvalue weighted by molar-refractivity contribution is 0.257. The lowest BCUT2D eigenvalue weighted by atomic mass is 10.4. The lowest BCUT2D eigenvalue weighted by Crippen LogP contribution is -2.40. The summed E-state index contributed by atoms with van der Waals surface area (Å²) in [5.41, 5.74) is 0. The first-order valence-electron chi connectivity index (χ1n) is 6.28. The fourth-order valence-electron chi connectivity index (χ4n) is 2.33. The van der Waals surface area contributed by atoms with Gasteiger partial charge in [0, 0.05) is 0 Å². The SMILES string of the molecule is C#CC(C)O[Si](CCC)(CCC)CCC. The molecular weight excluding hydrogens is 200 g/mol. The van der Waals surface area contributed by atoms with Crippen molar-refractivity contribution in [2.45, 2.75) is 71.2 Å². The molecule has 2 heteroatoms. The Kier molecular flexibility index (Phi) is 7.82. The van der Waals surface area contributed by atoms with Crippen LogP contribution in [-0.4, -0.2) is 14.4 Å². The molecule has 0 aliphatic rings. The van der Waals surface area contributed by atoms with Crippen LogP contribution in [0.1, 0.15) is 47.0 Å². The van der Waals surface area contributed by atoms with E-state index < -0.39 is 8.32 Å². The highest BCUT2D eigenvalue weighted by Gasteiger charge is 2.33. The van der Waals surface area contributed by atoms with E-state index in [1.165, 1.54) is 37.4 Å². The second-order valence-corrected chi connectivity index (χ2v) is 8.46. The van der Waals surface area contributed by atoms with Crippen LogP contribution in [0.5, 0.6) is 0 Å². The molecule has 0 aromatic heterocycles. The fraction of sp³-hybridized carbons (Fsp3) is 0.846. The molecule has 0 saturated heterocycles. The highest BCUT2D eigenvalue weighted by molar-refractivity contribution is 6.73. The summed E-state index contributed by atoms with van der Waals surface area (Å²) in [6.07, 6.45) is 9.09. The molecule has 0 aromatic rings. The first-order valence-corrected chi connectivity index (χ1v) is 8.81. The summed E-state index contributed by atoms with van der Waals surface area (Å²) in [6, 6.07) is 3.79. The zero-order valence-electron chi connectivity index (χ0n) is 10.8. The molecule has 1 unspecified atom stereocenters. The van der Waals surface area contributed by atoms with Gasteiger partial charge < -0.3 is 4.43 Å². The maximum Gasteiger partial charge on any atom is 0.194 e. The lowest BCUT2D eigenvalue weighted by Gasteiger charge is -2.32. The van der Waals surface area contributed by atoms with Gasteiger partial charge in [0.1, 0.15) is 6.10 Å². The van der Waals surface area contributed by atoms with Crippen LogP contribution in [-0.2, 0) is 4.43 Å². The van der Waals surface area contributed by atoms with Crippen LogP contribution in [0.25, 0.3) is 0 Å². The third-order valence-electron chi connectivity index (χ3n) is 2.78. The van der Waals surface area contributed by atoms with Crippen molar-refractivity contribution in [3.05, 3.63) is 0 Å². The van der Waals surface area contributed by atoms with Crippen LogP contribution in [0.2, 0.25) is 18.1 Å². The Labute approximate surface area is 96.7 Å². The topological polar surface area (TPSA) is 9.23 Å². The molecule has 88 valence electrons. The van der Waals surface area contributed by atoms with E-state index >= 15 is 0 Å². The fourth-order valence-corrected chi connectivity index (χ4v) is 6.98. The third-order valence-corrected chi connectivity index (χ3v) is 7.87. The van der Waals surface area contributed by atoms with E-state index in [0.29, 0.717) is 0 Å². The van der Waals surface area contributed by atoms with Gasteiger partial charge in [0.2, 0.25) is 0 Å². The van der Waals surface area contributed by atoms with Gasteiger partial charge in [-0.2, -0.15) is 0 Å². The first kappa shape index (κ1) is 14.7. The highest BCUT2D eigenvalue weighted by Crippen LogP contribution is 2.28. The molecule has 0 aliphatic heterocycles. The van der Waals surface area contributed by atoms with Gasteiger partial charge in [0.25, 0.3) is 0 Å². The molecule has 0 rings (SSSR count). The molecule has 1 nitrogen and oxygen atoms in total. The Bertz CT molecular complexity index is 178. The maximum atomic E-state index is 6.21. The van der Waals surface area contributed by atoms with Crippen molar-refractivity contribution >= 4 is 8.32 Å². The molecule has 1 atom stereocenters. The molecule has 0 fully saturated rings. The second-order valence-electron chi connectivity index (χ2n) is 4.36. The Morgan fingerprint density at radius 1 is 1.07 bits per heavy atom. The van der Waals surface area contributed by atoms with Crippen LogP contribution < -0.4 is 0 Å². The maximum absolute atomic E-state index is 6.21. The van der Waals surface area contributed by atoms with Gasteiger partial charge >= 0.3 is 0 Å². The molecule has 0 heterocycles. The first-order chi connectivity index (χ1) is 7.14. The van der Waals surface area contributed by atoms with Gasteiger partial charge in [-0.3, -0.25) is 0 Å². The van der Waals surface area contributed by atoms with Gasteiger partial charge in [0.05, 0.1) is 0 Å². The van der Waals surface area contributed by atoms with Gasteiger partial charge in [-0.1, -0.05) is 46.0 Å². The largest absolute Gasteiger partial charge is 0.404 e. The third kappa shape index (κ3) is 5.39. The number of terminal acetylenes is 1. The zero-order chi connectivity index (χ0) is 11.7.